The summed E-state index contributed by atoms with van der Waals surface area (Å²) in [6.45, 7) is 5.95. The van der Waals surface area contributed by atoms with Crippen LogP contribution in [0.25, 0.3) is 0 Å². The van der Waals surface area contributed by atoms with Gasteiger partial charge in [-0.25, -0.2) is 4.39 Å². The lowest BCUT2D eigenvalue weighted by molar-refractivity contribution is 0.595. The highest BCUT2D eigenvalue weighted by Gasteiger charge is 2.31. The van der Waals surface area contributed by atoms with Gasteiger partial charge in [0.1, 0.15) is 5.82 Å². The first kappa shape index (κ1) is 13.3. The summed E-state index contributed by atoms with van der Waals surface area (Å²) >= 11 is 0. The minimum Gasteiger partial charge on any atom is -0.371 e. The van der Waals surface area contributed by atoms with Gasteiger partial charge in [0.2, 0.25) is 0 Å². The lowest BCUT2D eigenvalue weighted by Crippen LogP contribution is -2.32. The molecular formula is C15H23FN2. The largest absolute Gasteiger partial charge is 0.371 e. The van der Waals surface area contributed by atoms with Crippen LogP contribution in [0.3, 0.4) is 0 Å². The Balaban J connectivity index is 2.37. The summed E-state index contributed by atoms with van der Waals surface area (Å²) in [6, 6.07) is 3.86. The Hall–Kier alpha value is -1.09. The van der Waals surface area contributed by atoms with E-state index in [1.165, 1.54) is 12.8 Å². The predicted molar refractivity (Wildman–Crippen MR) is 74.3 cm³/mol. The van der Waals surface area contributed by atoms with Crippen molar-refractivity contribution in [2.45, 2.75) is 45.7 Å². The molecule has 0 spiro atoms. The molecule has 1 saturated carbocycles. The Kier molecular flexibility index (Phi) is 3.62. The van der Waals surface area contributed by atoms with Crippen LogP contribution in [0.1, 0.15) is 43.9 Å². The third-order valence-corrected chi connectivity index (χ3v) is 4.09. The topological polar surface area (TPSA) is 29.3 Å². The van der Waals surface area contributed by atoms with Crippen LogP contribution in [0.4, 0.5) is 10.1 Å². The van der Waals surface area contributed by atoms with E-state index in [0.29, 0.717) is 11.6 Å². The Morgan fingerprint density at radius 1 is 1.33 bits per heavy atom. The molecule has 100 valence electrons. The predicted octanol–water partition coefficient (Wildman–Crippen LogP) is 3.39. The SMILES string of the molecule is Cc1cc(N(C)C(C)C2CC2)c([C@H](C)N)cc1F. The van der Waals surface area contributed by atoms with Crippen LogP contribution < -0.4 is 10.6 Å². The molecule has 2 N–H and O–H groups in total. The summed E-state index contributed by atoms with van der Waals surface area (Å²) in [5.41, 5.74) is 8.62. The molecule has 2 nitrogen and oxygen atoms in total. The number of hydrogen-bond acceptors (Lipinski definition) is 2. The first-order valence-electron chi connectivity index (χ1n) is 6.70. The van der Waals surface area contributed by atoms with E-state index < -0.39 is 0 Å². The molecule has 1 aromatic carbocycles. The molecule has 0 bridgehead atoms. The number of halogens is 1. The van der Waals surface area contributed by atoms with Crippen molar-refractivity contribution in [2.24, 2.45) is 11.7 Å². The minimum absolute atomic E-state index is 0.149. The second-order valence-corrected chi connectivity index (χ2v) is 5.64. The molecule has 1 aromatic rings. The van der Waals surface area contributed by atoms with Crippen molar-refractivity contribution in [1.82, 2.24) is 0 Å². The fraction of sp³-hybridized carbons (Fsp3) is 0.600. The van der Waals surface area contributed by atoms with Crippen molar-refractivity contribution in [1.29, 1.82) is 0 Å². The summed E-state index contributed by atoms with van der Waals surface area (Å²) in [5, 5.41) is 0. The van der Waals surface area contributed by atoms with Crippen molar-refractivity contribution < 1.29 is 4.39 Å². The molecule has 2 atom stereocenters. The number of hydrogen-bond donors (Lipinski definition) is 1. The van der Waals surface area contributed by atoms with E-state index >= 15 is 0 Å². The molecule has 0 aliphatic heterocycles. The summed E-state index contributed by atoms with van der Waals surface area (Å²) in [5.74, 6) is 0.611. The normalized spacial score (nSPS) is 18.6. The number of nitrogens with two attached hydrogens (primary N) is 1. The Morgan fingerprint density at radius 2 is 1.94 bits per heavy atom. The maximum Gasteiger partial charge on any atom is 0.126 e. The van der Waals surface area contributed by atoms with Crippen LogP contribution >= 0.6 is 0 Å². The van der Waals surface area contributed by atoms with Crippen LogP contribution in [0.5, 0.6) is 0 Å². The molecule has 0 amide bonds. The standard InChI is InChI=1S/C15H23FN2/c1-9-7-15(13(10(2)17)8-14(9)16)18(4)11(3)12-5-6-12/h7-8,10-12H,5-6,17H2,1-4H3/t10-,11?/m0/s1. The molecule has 1 aliphatic carbocycles. The minimum atomic E-state index is -0.168. The highest BCUT2D eigenvalue weighted by atomic mass is 19.1. The fourth-order valence-electron chi connectivity index (χ4n) is 2.47. The second kappa shape index (κ2) is 4.88. The van der Waals surface area contributed by atoms with Crippen molar-refractivity contribution >= 4 is 5.69 Å². The molecule has 1 unspecified atom stereocenters. The highest BCUT2D eigenvalue weighted by molar-refractivity contribution is 5.57. The van der Waals surface area contributed by atoms with Gasteiger partial charge in [0.15, 0.2) is 0 Å². The smallest absolute Gasteiger partial charge is 0.126 e. The van der Waals surface area contributed by atoms with Gasteiger partial charge in [-0.15, -0.1) is 0 Å². The monoisotopic (exact) mass is 250 g/mol. The third-order valence-electron chi connectivity index (χ3n) is 4.09. The zero-order valence-electron chi connectivity index (χ0n) is 11.7. The van der Waals surface area contributed by atoms with Gasteiger partial charge in [-0.05, 0) is 62.8 Å². The van der Waals surface area contributed by atoms with E-state index in [1.54, 1.807) is 13.0 Å². The zero-order valence-corrected chi connectivity index (χ0v) is 11.7. The number of benzene rings is 1. The number of rotatable bonds is 4. The van der Waals surface area contributed by atoms with Crippen LogP contribution in [0, 0.1) is 18.7 Å². The number of nitrogens with zero attached hydrogens (tertiary/aromatic N) is 1. The van der Waals surface area contributed by atoms with Gasteiger partial charge in [-0.1, -0.05) is 0 Å². The molecule has 0 aromatic heterocycles. The Labute approximate surface area is 109 Å². The fourth-order valence-corrected chi connectivity index (χ4v) is 2.47. The summed E-state index contributed by atoms with van der Waals surface area (Å²) in [6.07, 6.45) is 2.61. The molecular weight excluding hydrogens is 227 g/mol. The van der Waals surface area contributed by atoms with Crippen LogP contribution in [-0.4, -0.2) is 13.1 Å². The average Bonchev–Trinajstić information content (AvgIpc) is 3.14. The van der Waals surface area contributed by atoms with Crippen molar-refractivity contribution in [2.75, 3.05) is 11.9 Å². The van der Waals surface area contributed by atoms with E-state index in [0.717, 1.165) is 17.2 Å². The van der Waals surface area contributed by atoms with E-state index in [9.17, 15) is 4.39 Å². The Morgan fingerprint density at radius 3 is 2.44 bits per heavy atom. The van der Waals surface area contributed by atoms with Gasteiger partial charge in [0.05, 0.1) is 0 Å². The summed E-state index contributed by atoms with van der Waals surface area (Å²) in [4.78, 5) is 2.25. The van der Waals surface area contributed by atoms with Gasteiger partial charge in [-0.2, -0.15) is 0 Å². The molecule has 0 heterocycles. The molecule has 0 saturated heterocycles. The summed E-state index contributed by atoms with van der Waals surface area (Å²) in [7, 11) is 2.08. The van der Waals surface area contributed by atoms with Gasteiger partial charge < -0.3 is 10.6 Å². The van der Waals surface area contributed by atoms with Crippen molar-refractivity contribution in [3.63, 3.8) is 0 Å². The maximum atomic E-state index is 13.7. The molecule has 1 fully saturated rings. The zero-order chi connectivity index (χ0) is 13.4. The lowest BCUT2D eigenvalue weighted by Gasteiger charge is -2.30. The van der Waals surface area contributed by atoms with E-state index in [1.807, 2.05) is 13.0 Å². The molecule has 1 aliphatic rings. The highest BCUT2D eigenvalue weighted by Crippen LogP contribution is 2.38. The van der Waals surface area contributed by atoms with Crippen molar-refractivity contribution in [3.8, 4) is 0 Å². The van der Waals surface area contributed by atoms with E-state index in [4.69, 9.17) is 5.73 Å². The molecule has 0 radical (unpaired) electrons. The first-order valence-corrected chi connectivity index (χ1v) is 6.70. The van der Waals surface area contributed by atoms with Gasteiger partial charge >= 0.3 is 0 Å². The van der Waals surface area contributed by atoms with E-state index in [2.05, 4.69) is 18.9 Å². The average molecular weight is 250 g/mol. The molecule has 2 rings (SSSR count). The Bertz CT molecular complexity index is 438. The van der Waals surface area contributed by atoms with Gasteiger partial charge in [0, 0.05) is 24.8 Å². The lowest BCUT2D eigenvalue weighted by atomic mass is 10.0. The van der Waals surface area contributed by atoms with Gasteiger partial charge in [0.25, 0.3) is 0 Å². The van der Waals surface area contributed by atoms with Gasteiger partial charge in [-0.3, -0.25) is 0 Å². The van der Waals surface area contributed by atoms with Crippen LogP contribution in [0.15, 0.2) is 12.1 Å². The summed E-state index contributed by atoms with van der Waals surface area (Å²) < 4.78 is 13.7. The third kappa shape index (κ3) is 2.51. The molecule has 18 heavy (non-hydrogen) atoms. The van der Waals surface area contributed by atoms with Crippen molar-refractivity contribution in [3.05, 3.63) is 29.1 Å². The van der Waals surface area contributed by atoms with Crippen LogP contribution in [-0.2, 0) is 0 Å². The molecule has 3 heteroatoms. The van der Waals surface area contributed by atoms with Crippen LogP contribution in [0.2, 0.25) is 0 Å². The second-order valence-electron chi connectivity index (χ2n) is 5.64. The number of aryl methyl sites for hydroxylation is 1. The van der Waals surface area contributed by atoms with E-state index in [-0.39, 0.29) is 11.9 Å². The first-order chi connectivity index (χ1) is 8.41. The maximum absolute atomic E-state index is 13.7. The number of anilines is 1. The quantitative estimate of drug-likeness (QED) is 0.887.